The van der Waals surface area contributed by atoms with Gasteiger partial charge in [0, 0.05) is 12.1 Å². The van der Waals surface area contributed by atoms with E-state index in [2.05, 4.69) is 10.2 Å². The molecule has 0 saturated carbocycles. The van der Waals surface area contributed by atoms with E-state index in [4.69, 9.17) is 4.42 Å². The highest BCUT2D eigenvalue weighted by Crippen LogP contribution is 2.42. The Labute approximate surface area is 178 Å². The molecule has 1 atom stereocenters. The molecule has 154 valence electrons. The van der Waals surface area contributed by atoms with Gasteiger partial charge in [-0.15, -0.1) is 10.2 Å². The van der Waals surface area contributed by atoms with E-state index in [1.165, 1.54) is 34.4 Å². The lowest BCUT2D eigenvalue weighted by atomic mass is 9.98. The molecule has 0 aliphatic carbocycles. The maximum absolute atomic E-state index is 13.5. The second-order valence-electron chi connectivity index (χ2n) is 7.21. The fraction of sp³-hybridized carbons (Fsp3) is 0.143. The number of anilines is 1. The molecule has 4 aromatic rings. The first kappa shape index (κ1) is 19.1. The van der Waals surface area contributed by atoms with E-state index in [0.29, 0.717) is 21.5 Å². The van der Waals surface area contributed by atoms with Crippen LogP contribution in [0.5, 0.6) is 0 Å². The zero-order valence-electron chi connectivity index (χ0n) is 16.4. The van der Waals surface area contributed by atoms with Gasteiger partial charge in [-0.3, -0.25) is 24.6 Å². The number of nitrogens with zero attached hydrogens (tertiary/aromatic N) is 4. The third-order valence-corrected chi connectivity index (χ3v) is 5.98. The monoisotopic (exact) mass is 434 g/mol. The van der Waals surface area contributed by atoms with Gasteiger partial charge in [-0.2, -0.15) is 0 Å². The minimum absolute atomic E-state index is 0.0919. The van der Waals surface area contributed by atoms with Crippen molar-refractivity contribution in [2.24, 2.45) is 0 Å². The molecule has 1 unspecified atom stereocenters. The molecule has 0 bridgehead atoms. The van der Waals surface area contributed by atoms with Gasteiger partial charge in [0.2, 0.25) is 10.9 Å². The third kappa shape index (κ3) is 2.91. The predicted octanol–water partition coefficient (Wildman–Crippen LogP) is 3.92. The summed E-state index contributed by atoms with van der Waals surface area (Å²) in [5.41, 5.74) is 1.22. The highest BCUT2D eigenvalue weighted by Gasteiger charge is 2.45. The average molecular weight is 434 g/mol. The first-order valence-corrected chi connectivity index (χ1v) is 10.1. The molecule has 1 aliphatic rings. The number of hydrogen-bond acceptors (Lipinski definition) is 8. The lowest BCUT2D eigenvalue weighted by Crippen LogP contribution is -2.29. The number of fused-ring (bicyclic) bond motifs is 2. The normalized spacial score (nSPS) is 15.5. The van der Waals surface area contributed by atoms with Crippen molar-refractivity contribution < 1.29 is 14.1 Å². The number of nitro groups is 1. The Bertz CT molecular complexity index is 1460. The van der Waals surface area contributed by atoms with Gasteiger partial charge < -0.3 is 4.42 Å². The van der Waals surface area contributed by atoms with Gasteiger partial charge in [-0.1, -0.05) is 35.1 Å². The SMILES string of the molecule is Cc1ccc2oc3c(c(=O)c2c1)C(c1cccc([N+](=O)[O-])c1)N(c1nnc(C)s1)C3=O. The fourth-order valence-corrected chi connectivity index (χ4v) is 4.51. The van der Waals surface area contributed by atoms with Crippen LogP contribution in [0.1, 0.15) is 38.3 Å². The number of carbonyl (C=O) groups excluding carboxylic acids is 1. The molecule has 2 aromatic carbocycles. The lowest BCUT2D eigenvalue weighted by Gasteiger charge is -2.21. The Morgan fingerprint density at radius 2 is 1.94 bits per heavy atom. The predicted molar refractivity (Wildman–Crippen MR) is 114 cm³/mol. The van der Waals surface area contributed by atoms with Crippen LogP contribution in [0.25, 0.3) is 11.0 Å². The summed E-state index contributed by atoms with van der Waals surface area (Å²) in [6.45, 7) is 3.60. The molecular weight excluding hydrogens is 420 g/mol. The van der Waals surface area contributed by atoms with E-state index in [1.807, 2.05) is 6.92 Å². The van der Waals surface area contributed by atoms with Crippen molar-refractivity contribution in [3.8, 4) is 0 Å². The van der Waals surface area contributed by atoms with Crippen molar-refractivity contribution in [3.05, 3.63) is 90.3 Å². The molecule has 1 aliphatic heterocycles. The number of aryl methyl sites for hydroxylation is 2. The van der Waals surface area contributed by atoms with Gasteiger partial charge in [0.05, 0.1) is 21.9 Å². The molecule has 0 spiro atoms. The van der Waals surface area contributed by atoms with Gasteiger partial charge in [0.25, 0.3) is 11.6 Å². The Balaban J connectivity index is 1.83. The van der Waals surface area contributed by atoms with Crippen molar-refractivity contribution >= 4 is 39.0 Å². The first-order valence-electron chi connectivity index (χ1n) is 9.30. The summed E-state index contributed by atoms with van der Waals surface area (Å²) >= 11 is 1.19. The molecule has 31 heavy (non-hydrogen) atoms. The smallest absolute Gasteiger partial charge is 0.297 e. The minimum atomic E-state index is -0.920. The van der Waals surface area contributed by atoms with Gasteiger partial charge in [-0.25, -0.2) is 0 Å². The summed E-state index contributed by atoms with van der Waals surface area (Å²) in [6, 6.07) is 10.1. The Kier molecular flexibility index (Phi) is 4.19. The second-order valence-corrected chi connectivity index (χ2v) is 8.37. The molecule has 10 heteroatoms. The maximum atomic E-state index is 13.5. The van der Waals surface area contributed by atoms with Crippen molar-refractivity contribution in [3.63, 3.8) is 0 Å². The molecule has 0 saturated heterocycles. The highest BCUT2D eigenvalue weighted by molar-refractivity contribution is 7.15. The van der Waals surface area contributed by atoms with Crippen LogP contribution in [0.3, 0.4) is 0 Å². The number of rotatable bonds is 3. The quantitative estimate of drug-likeness (QED) is 0.354. The van der Waals surface area contributed by atoms with Crippen LogP contribution >= 0.6 is 11.3 Å². The van der Waals surface area contributed by atoms with E-state index >= 15 is 0 Å². The zero-order valence-corrected chi connectivity index (χ0v) is 17.2. The summed E-state index contributed by atoms with van der Waals surface area (Å²) in [7, 11) is 0. The van der Waals surface area contributed by atoms with E-state index in [0.717, 1.165) is 5.56 Å². The largest absolute Gasteiger partial charge is 0.450 e. The highest BCUT2D eigenvalue weighted by atomic mass is 32.1. The molecular formula is C21H14N4O5S. The Morgan fingerprint density at radius 3 is 2.65 bits per heavy atom. The molecule has 1 amide bonds. The number of carbonyl (C=O) groups is 1. The van der Waals surface area contributed by atoms with E-state index in [1.54, 1.807) is 31.2 Å². The van der Waals surface area contributed by atoms with Crippen LogP contribution < -0.4 is 10.3 Å². The van der Waals surface area contributed by atoms with Crippen molar-refractivity contribution in [2.75, 3.05) is 4.90 Å². The first-order chi connectivity index (χ1) is 14.8. The van der Waals surface area contributed by atoms with Gasteiger partial charge in [-0.05, 0) is 31.5 Å². The van der Waals surface area contributed by atoms with Crippen molar-refractivity contribution in [1.29, 1.82) is 0 Å². The number of aromatic nitrogens is 2. The van der Waals surface area contributed by atoms with Crippen LogP contribution in [-0.2, 0) is 0 Å². The third-order valence-electron chi connectivity index (χ3n) is 5.14. The summed E-state index contributed by atoms with van der Waals surface area (Å²) in [4.78, 5) is 39.0. The fourth-order valence-electron chi connectivity index (χ4n) is 3.79. The summed E-state index contributed by atoms with van der Waals surface area (Å²) in [6.07, 6.45) is 0. The van der Waals surface area contributed by atoms with Gasteiger partial charge in [0.15, 0.2) is 5.43 Å². The van der Waals surface area contributed by atoms with Gasteiger partial charge >= 0.3 is 0 Å². The number of benzene rings is 2. The molecule has 0 radical (unpaired) electrons. The molecule has 0 N–H and O–H groups in total. The number of hydrogen-bond donors (Lipinski definition) is 0. The van der Waals surface area contributed by atoms with E-state index in [-0.39, 0.29) is 27.6 Å². The van der Waals surface area contributed by atoms with Gasteiger partial charge in [0.1, 0.15) is 10.6 Å². The minimum Gasteiger partial charge on any atom is -0.450 e. The molecule has 2 aromatic heterocycles. The van der Waals surface area contributed by atoms with E-state index in [9.17, 15) is 19.7 Å². The molecule has 3 heterocycles. The standard InChI is InChI=1S/C21H14N4O5S/c1-10-6-7-15-14(8-10)18(26)16-17(12-4-3-5-13(9-12)25(28)29)24(20(27)19(16)30-15)21-23-22-11(2)31-21/h3-9,17H,1-2H3. The van der Waals surface area contributed by atoms with Crippen molar-refractivity contribution in [2.45, 2.75) is 19.9 Å². The number of non-ortho nitro benzene ring substituents is 1. The van der Waals surface area contributed by atoms with Crippen molar-refractivity contribution in [1.82, 2.24) is 10.2 Å². The topological polar surface area (TPSA) is 119 Å². The average Bonchev–Trinajstić information content (AvgIpc) is 3.30. The molecule has 5 rings (SSSR count). The van der Waals surface area contributed by atoms with Crippen LogP contribution in [0.15, 0.2) is 51.7 Å². The number of amides is 1. The van der Waals surface area contributed by atoms with Crippen LogP contribution in [0.4, 0.5) is 10.8 Å². The maximum Gasteiger partial charge on any atom is 0.297 e. The van der Waals surface area contributed by atoms with Crippen LogP contribution in [0, 0.1) is 24.0 Å². The summed E-state index contributed by atoms with van der Waals surface area (Å²) in [5, 5.41) is 20.7. The lowest BCUT2D eigenvalue weighted by molar-refractivity contribution is -0.384. The van der Waals surface area contributed by atoms with Crippen LogP contribution in [0.2, 0.25) is 0 Å². The van der Waals surface area contributed by atoms with E-state index < -0.39 is 16.9 Å². The summed E-state index contributed by atoms with van der Waals surface area (Å²) in [5.74, 6) is -0.632. The Morgan fingerprint density at radius 1 is 1.13 bits per heavy atom. The van der Waals surface area contributed by atoms with Crippen LogP contribution in [-0.4, -0.2) is 21.0 Å². The molecule has 0 fully saturated rings. The second kappa shape index (κ2) is 6.81. The summed E-state index contributed by atoms with van der Waals surface area (Å²) < 4.78 is 5.87. The number of nitro benzene ring substituents is 1. The molecule has 9 nitrogen and oxygen atoms in total. The zero-order chi connectivity index (χ0) is 21.9. The Hall–Kier alpha value is -3.92.